The predicted octanol–water partition coefficient (Wildman–Crippen LogP) is 2.56. The first-order valence-electron chi connectivity index (χ1n) is 10.7. The summed E-state index contributed by atoms with van der Waals surface area (Å²) in [6.07, 6.45) is 0. The third kappa shape index (κ3) is 4.41. The Labute approximate surface area is 192 Å². The lowest BCUT2D eigenvalue weighted by molar-refractivity contribution is 0.0730. The molecule has 1 amide bonds. The molecule has 0 radical (unpaired) electrons. The Morgan fingerprint density at radius 1 is 1.09 bits per heavy atom. The Balaban J connectivity index is 1.73. The fraction of sp³-hybridized carbons (Fsp3) is 0.348. The van der Waals surface area contributed by atoms with Crippen molar-refractivity contribution in [2.45, 2.75) is 31.7 Å². The van der Waals surface area contributed by atoms with Crippen LogP contribution in [0, 0.1) is 6.92 Å². The first-order valence-corrected chi connectivity index (χ1v) is 12.2. The average Bonchev–Trinajstić information content (AvgIpc) is 2.81. The van der Waals surface area contributed by atoms with E-state index in [1.54, 1.807) is 37.3 Å². The van der Waals surface area contributed by atoms with Crippen LogP contribution in [-0.2, 0) is 14.8 Å². The number of rotatable bonds is 5. The quantitative estimate of drug-likeness (QED) is 0.614. The van der Waals surface area contributed by atoms with Crippen LogP contribution in [0.5, 0.6) is 0 Å². The van der Waals surface area contributed by atoms with Gasteiger partial charge in [0.25, 0.3) is 11.5 Å². The van der Waals surface area contributed by atoms with E-state index in [9.17, 15) is 18.0 Å². The molecule has 1 N–H and O–H groups in total. The van der Waals surface area contributed by atoms with Gasteiger partial charge in [-0.15, -0.1) is 0 Å². The van der Waals surface area contributed by atoms with E-state index in [1.165, 1.54) is 21.1 Å². The minimum atomic E-state index is -3.72. The number of aryl methyl sites for hydroxylation is 1. The lowest BCUT2D eigenvalue weighted by atomic mass is 10.1. The summed E-state index contributed by atoms with van der Waals surface area (Å²) < 4.78 is 34.0. The Hall–Kier alpha value is -3.08. The molecule has 9 nitrogen and oxygen atoms in total. The molecule has 0 atom stereocenters. The van der Waals surface area contributed by atoms with Crippen molar-refractivity contribution in [2.24, 2.45) is 0 Å². The van der Waals surface area contributed by atoms with Gasteiger partial charge in [0.2, 0.25) is 10.0 Å². The molecule has 33 heavy (non-hydrogen) atoms. The van der Waals surface area contributed by atoms with Gasteiger partial charge in [-0.1, -0.05) is 24.3 Å². The van der Waals surface area contributed by atoms with Crippen molar-refractivity contribution >= 4 is 32.4 Å². The number of morpholine rings is 1. The number of carbonyl (C=O) groups is 1. The zero-order chi connectivity index (χ0) is 23.8. The Morgan fingerprint density at radius 2 is 1.76 bits per heavy atom. The molecule has 4 rings (SSSR count). The molecule has 0 aliphatic carbocycles. The third-order valence-corrected chi connectivity index (χ3v) is 7.49. The van der Waals surface area contributed by atoms with E-state index in [-0.39, 0.29) is 35.3 Å². The summed E-state index contributed by atoms with van der Waals surface area (Å²) in [6, 6.07) is 11.2. The van der Waals surface area contributed by atoms with Gasteiger partial charge in [-0.05, 0) is 44.5 Å². The maximum atomic E-state index is 13.3. The number of hydrogen-bond acceptors (Lipinski definition) is 6. The second-order valence-electron chi connectivity index (χ2n) is 8.18. The number of fused-ring (bicyclic) bond motifs is 1. The summed E-state index contributed by atoms with van der Waals surface area (Å²) in [5, 5.41) is 7.95. The fourth-order valence-electron chi connectivity index (χ4n) is 3.74. The van der Waals surface area contributed by atoms with Crippen LogP contribution in [0.1, 0.15) is 35.9 Å². The average molecular weight is 471 g/mol. The summed E-state index contributed by atoms with van der Waals surface area (Å²) in [5.74, 6) is -0.523. The van der Waals surface area contributed by atoms with Gasteiger partial charge in [-0.25, -0.2) is 13.1 Å². The van der Waals surface area contributed by atoms with E-state index in [4.69, 9.17) is 4.74 Å². The highest BCUT2D eigenvalue weighted by Crippen LogP contribution is 2.25. The summed E-state index contributed by atoms with van der Waals surface area (Å²) in [6.45, 7) is 6.67. The van der Waals surface area contributed by atoms with Crippen LogP contribution in [0.15, 0.2) is 52.2 Å². The molecular weight excluding hydrogens is 444 g/mol. The van der Waals surface area contributed by atoms with Gasteiger partial charge >= 0.3 is 0 Å². The maximum absolute atomic E-state index is 13.3. The molecule has 174 valence electrons. The number of anilines is 1. The van der Waals surface area contributed by atoms with Gasteiger partial charge in [0.1, 0.15) is 0 Å². The monoisotopic (exact) mass is 470 g/mol. The van der Waals surface area contributed by atoms with E-state index >= 15 is 0 Å². The number of nitrogens with one attached hydrogen (secondary N) is 1. The van der Waals surface area contributed by atoms with Crippen LogP contribution in [0.3, 0.4) is 0 Å². The van der Waals surface area contributed by atoms with E-state index in [0.717, 1.165) is 0 Å². The van der Waals surface area contributed by atoms with Gasteiger partial charge in [0.15, 0.2) is 5.69 Å². The van der Waals surface area contributed by atoms with Crippen LogP contribution in [0.2, 0.25) is 0 Å². The normalized spacial score (nSPS) is 15.2. The van der Waals surface area contributed by atoms with E-state index < -0.39 is 15.9 Å². The van der Waals surface area contributed by atoms with Crippen molar-refractivity contribution in [2.75, 3.05) is 31.6 Å². The maximum Gasteiger partial charge on any atom is 0.276 e. The molecule has 1 fully saturated rings. The van der Waals surface area contributed by atoms with Gasteiger partial charge in [-0.3, -0.25) is 9.59 Å². The van der Waals surface area contributed by atoms with Crippen molar-refractivity contribution in [3.05, 3.63) is 64.1 Å². The van der Waals surface area contributed by atoms with Gasteiger partial charge in [-0.2, -0.15) is 9.40 Å². The Morgan fingerprint density at radius 3 is 2.42 bits per heavy atom. The van der Waals surface area contributed by atoms with E-state index in [0.29, 0.717) is 35.2 Å². The van der Waals surface area contributed by atoms with Crippen molar-refractivity contribution in [1.29, 1.82) is 0 Å². The smallest absolute Gasteiger partial charge is 0.276 e. The summed E-state index contributed by atoms with van der Waals surface area (Å²) in [7, 11) is -3.72. The number of ether oxygens (including phenoxy) is 1. The molecule has 1 aromatic heterocycles. The first kappa shape index (κ1) is 23.1. The number of nitrogens with zero attached hydrogens (tertiary/aromatic N) is 3. The lowest BCUT2D eigenvalue weighted by Gasteiger charge is -2.26. The lowest BCUT2D eigenvalue weighted by Crippen LogP contribution is -2.40. The standard InChI is InChI=1S/C23H26N4O5S/c1-15(2)27-23(29)19-7-5-4-6-18(19)21(25-27)22(28)24-20-14-17(9-8-16(20)3)33(30,31)26-10-12-32-13-11-26/h4-9,14-15H,10-13H2,1-3H3,(H,24,28). The molecule has 1 aliphatic heterocycles. The molecule has 1 saturated heterocycles. The predicted molar refractivity (Wildman–Crippen MR) is 125 cm³/mol. The molecular formula is C23H26N4O5S. The molecule has 2 heterocycles. The van der Waals surface area contributed by atoms with Gasteiger partial charge < -0.3 is 10.1 Å². The summed E-state index contributed by atoms with van der Waals surface area (Å²) >= 11 is 0. The highest BCUT2D eigenvalue weighted by atomic mass is 32.2. The Kier molecular flexibility index (Phi) is 6.33. The summed E-state index contributed by atoms with van der Waals surface area (Å²) in [5.41, 5.74) is 0.889. The number of amides is 1. The SMILES string of the molecule is Cc1ccc(S(=O)(=O)N2CCOCC2)cc1NC(=O)c1nn(C(C)C)c(=O)c2ccccc12. The number of benzene rings is 2. The number of sulfonamides is 1. The van der Waals surface area contributed by atoms with Crippen LogP contribution >= 0.6 is 0 Å². The molecule has 1 aliphatic rings. The van der Waals surface area contributed by atoms with Crippen molar-refractivity contribution in [3.63, 3.8) is 0 Å². The molecule has 2 aromatic carbocycles. The number of aromatic nitrogens is 2. The highest BCUT2D eigenvalue weighted by molar-refractivity contribution is 7.89. The zero-order valence-electron chi connectivity index (χ0n) is 18.7. The van der Waals surface area contributed by atoms with Crippen molar-refractivity contribution in [1.82, 2.24) is 14.1 Å². The molecule has 10 heteroatoms. The molecule has 3 aromatic rings. The van der Waals surface area contributed by atoms with Crippen LogP contribution in [0.4, 0.5) is 5.69 Å². The number of carbonyl (C=O) groups excluding carboxylic acids is 1. The third-order valence-electron chi connectivity index (χ3n) is 5.60. The van der Waals surface area contributed by atoms with Gasteiger partial charge in [0.05, 0.1) is 29.5 Å². The number of hydrogen-bond donors (Lipinski definition) is 1. The molecule has 0 saturated carbocycles. The van der Waals surface area contributed by atoms with E-state index in [1.807, 2.05) is 13.8 Å². The second-order valence-corrected chi connectivity index (χ2v) is 10.1. The zero-order valence-corrected chi connectivity index (χ0v) is 19.6. The second kappa shape index (κ2) is 9.05. The minimum absolute atomic E-state index is 0.0928. The van der Waals surface area contributed by atoms with Gasteiger partial charge in [0, 0.05) is 24.2 Å². The topological polar surface area (TPSA) is 111 Å². The minimum Gasteiger partial charge on any atom is -0.379 e. The molecule has 0 bridgehead atoms. The summed E-state index contributed by atoms with van der Waals surface area (Å²) in [4.78, 5) is 26.1. The molecule has 0 unspecified atom stereocenters. The van der Waals surface area contributed by atoms with Crippen LogP contribution in [-0.4, -0.2) is 54.7 Å². The van der Waals surface area contributed by atoms with E-state index in [2.05, 4.69) is 10.4 Å². The highest BCUT2D eigenvalue weighted by Gasteiger charge is 2.27. The largest absolute Gasteiger partial charge is 0.379 e. The van der Waals surface area contributed by atoms with Crippen LogP contribution < -0.4 is 10.9 Å². The van der Waals surface area contributed by atoms with Crippen molar-refractivity contribution < 1.29 is 17.9 Å². The Bertz CT molecular complexity index is 1380. The van der Waals surface area contributed by atoms with Crippen LogP contribution in [0.25, 0.3) is 10.8 Å². The van der Waals surface area contributed by atoms with Crippen molar-refractivity contribution in [3.8, 4) is 0 Å². The first-order chi connectivity index (χ1) is 15.7. The fourth-order valence-corrected chi connectivity index (χ4v) is 5.17. The molecule has 0 spiro atoms.